The zero-order valence-electron chi connectivity index (χ0n) is 15.2. The summed E-state index contributed by atoms with van der Waals surface area (Å²) in [5.74, 6) is 1.63. The van der Waals surface area contributed by atoms with E-state index in [-0.39, 0.29) is 12.4 Å². The number of nitrogens with zero attached hydrogens (tertiary/aromatic N) is 1. The van der Waals surface area contributed by atoms with Crippen molar-refractivity contribution in [2.75, 3.05) is 45.4 Å². The molecule has 0 aromatic carbocycles. The van der Waals surface area contributed by atoms with E-state index in [2.05, 4.69) is 29.5 Å². The molecule has 0 saturated carbocycles. The van der Waals surface area contributed by atoms with Crippen LogP contribution < -0.4 is 10.6 Å². The molecule has 0 aliphatic carbocycles. The van der Waals surface area contributed by atoms with Crippen LogP contribution in [-0.4, -0.2) is 59.7 Å². The van der Waals surface area contributed by atoms with Gasteiger partial charge in [0.1, 0.15) is 9.84 Å². The second-order valence-corrected chi connectivity index (χ2v) is 8.52. The van der Waals surface area contributed by atoms with Crippen molar-refractivity contribution >= 4 is 15.8 Å². The van der Waals surface area contributed by atoms with E-state index in [0.29, 0.717) is 13.2 Å². The predicted molar refractivity (Wildman–Crippen MR) is 97.8 cm³/mol. The molecule has 2 N–H and O–H groups in total. The molecular weight excluding hydrogens is 314 g/mol. The highest BCUT2D eigenvalue weighted by atomic mass is 32.2. The second kappa shape index (κ2) is 13.6. The number of aliphatic imine (C=N–C) groups is 1. The number of ether oxygens (including phenoxy) is 1. The summed E-state index contributed by atoms with van der Waals surface area (Å²) < 4.78 is 27.1. The fourth-order valence-electron chi connectivity index (χ4n) is 2.01. The fourth-order valence-corrected chi connectivity index (χ4v) is 2.43. The Morgan fingerprint density at radius 1 is 1.04 bits per heavy atom. The highest BCUT2D eigenvalue weighted by molar-refractivity contribution is 7.90. The van der Waals surface area contributed by atoms with Crippen molar-refractivity contribution < 1.29 is 13.2 Å². The van der Waals surface area contributed by atoms with Gasteiger partial charge in [0, 0.05) is 26.4 Å². The molecule has 0 aliphatic heterocycles. The number of hydrogen-bond donors (Lipinski definition) is 2. The first-order chi connectivity index (χ1) is 10.8. The first kappa shape index (κ1) is 22.2. The smallest absolute Gasteiger partial charge is 0.191 e. The molecular formula is C16H35N3O3S. The summed E-state index contributed by atoms with van der Waals surface area (Å²) in [6, 6.07) is 0. The molecule has 0 aromatic rings. The van der Waals surface area contributed by atoms with Gasteiger partial charge in [-0.25, -0.2) is 8.42 Å². The zero-order valence-corrected chi connectivity index (χ0v) is 16.0. The van der Waals surface area contributed by atoms with Crippen LogP contribution in [0.5, 0.6) is 0 Å². The van der Waals surface area contributed by atoms with E-state index >= 15 is 0 Å². The van der Waals surface area contributed by atoms with Crippen LogP contribution in [0.25, 0.3) is 0 Å². The molecule has 6 nitrogen and oxygen atoms in total. The van der Waals surface area contributed by atoms with Gasteiger partial charge in [-0.05, 0) is 12.3 Å². The first-order valence-corrected chi connectivity index (χ1v) is 10.6. The summed E-state index contributed by atoms with van der Waals surface area (Å²) in [6.07, 6.45) is 7.52. The van der Waals surface area contributed by atoms with Gasteiger partial charge < -0.3 is 15.4 Å². The van der Waals surface area contributed by atoms with E-state index in [1.54, 1.807) is 7.05 Å². The third-order valence-corrected chi connectivity index (χ3v) is 4.27. The molecule has 0 radical (unpaired) electrons. The Morgan fingerprint density at radius 3 is 2.30 bits per heavy atom. The first-order valence-electron chi connectivity index (χ1n) is 8.55. The minimum atomic E-state index is -2.94. The number of unbranched alkanes of at least 4 members (excludes halogenated alkanes) is 3. The van der Waals surface area contributed by atoms with Crippen molar-refractivity contribution in [3.8, 4) is 0 Å². The van der Waals surface area contributed by atoms with Gasteiger partial charge >= 0.3 is 0 Å². The molecule has 7 heteroatoms. The molecule has 138 valence electrons. The Kier molecular flexibility index (Phi) is 13.1. The summed E-state index contributed by atoms with van der Waals surface area (Å²) in [6.45, 7) is 6.76. The zero-order chi connectivity index (χ0) is 17.6. The lowest BCUT2D eigenvalue weighted by atomic mass is 10.0. The van der Waals surface area contributed by atoms with Crippen molar-refractivity contribution in [1.82, 2.24) is 10.6 Å². The second-order valence-electron chi connectivity index (χ2n) is 6.26. The standard InChI is InChI=1S/C16H35N3O3S/c1-15(2)9-7-5-6-8-10-18-16(17-3)19-11-12-22-13-14-23(4,20)21/h15H,5-14H2,1-4H3,(H2,17,18,19). The number of rotatable bonds is 13. The summed E-state index contributed by atoms with van der Waals surface area (Å²) >= 11 is 0. The van der Waals surface area contributed by atoms with Gasteiger partial charge in [-0.2, -0.15) is 0 Å². The summed E-state index contributed by atoms with van der Waals surface area (Å²) in [5, 5.41) is 6.42. The van der Waals surface area contributed by atoms with Gasteiger partial charge in [0.15, 0.2) is 5.96 Å². The van der Waals surface area contributed by atoms with E-state index in [1.807, 2.05) is 0 Å². The van der Waals surface area contributed by atoms with Crippen LogP contribution >= 0.6 is 0 Å². The number of guanidine groups is 1. The minimum Gasteiger partial charge on any atom is -0.379 e. The predicted octanol–water partition coefficient (Wildman–Crippen LogP) is 1.82. The lowest BCUT2D eigenvalue weighted by Crippen LogP contribution is -2.39. The van der Waals surface area contributed by atoms with E-state index in [0.717, 1.165) is 24.8 Å². The van der Waals surface area contributed by atoms with Crippen LogP contribution in [0.4, 0.5) is 0 Å². The Bertz CT molecular complexity index is 409. The van der Waals surface area contributed by atoms with Crippen LogP contribution in [0.1, 0.15) is 46.0 Å². The SMILES string of the molecule is CN=C(NCCCCCCC(C)C)NCCOCCS(C)(=O)=O. The van der Waals surface area contributed by atoms with Crippen molar-refractivity contribution in [2.24, 2.45) is 10.9 Å². The average molecular weight is 350 g/mol. The number of sulfone groups is 1. The Hall–Kier alpha value is -0.820. The van der Waals surface area contributed by atoms with Gasteiger partial charge in [-0.15, -0.1) is 0 Å². The van der Waals surface area contributed by atoms with Crippen LogP contribution in [0.2, 0.25) is 0 Å². The molecule has 0 spiro atoms. The molecule has 0 fully saturated rings. The quantitative estimate of drug-likeness (QED) is 0.301. The molecule has 0 heterocycles. The van der Waals surface area contributed by atoms with Crippen molar-refractivity contribution in [2.45, 2.75) is 46.0 Å². The van der Waals surface area contributed by atoms with Gasteiger partial charge in [0.25, 0.3) is 0 Å². The van der Waals surface area contributed by atoms with Crippen molar-refractivity contribution in [1.29, 1.82) is 0 Å². The van der Waals surface area contributed by atoms with Gasteiger partial charge in [-0.1, -0.05) is 39.5 Å². The van der Waals surface area contributed by atoms with Gasteiger partial charge in [0.2, 0.25) is 0 Å². The summed E-state index contributed by atoms with van der Waals surface area (Å²) in [7, 11) is -1.20. The summed E-state index contributed by atoms with van der Waals surface area (Å²) in [5.41, 5.74) is 0. The highest BCUT2D eigenvalue weighted by Crippen LogP contribution is 2.08. The van der Waals surface area contributed by atoms with E-state index in [1.165, 1.54) is 31.9 Å². The molecule has 0 bridgehead atoms. The van der Waals surface area contributed by atoms with Crippen molar-refractivity contribution in [3.05, 3.63) is 0 Å². The van der Waals surface area contributed by atoms with Crippen LogP contribution in [0.15, 0.2) is 4.99 Å². The van der Waals surface area contributed by atoms with E-state index in [9.17, 15) is 8.42 Å². The Morgan fingerprint density at radius 2 is 1.70 bits per heavy atom. The van der Waals surface area contributed by atoms with E-state index in [4.69, 9.17) is 4.74 Å². The largest absolute Gasteiger partial charge is 0.379 e. The van der Waals surface area contributed by atoms with Crippen molar-refractivity contribution in [3.63, 3.8) is 0 Å². The van der Waals surface area contributed by atoms with Gasteiger partial charge in [0.05, 0.1) is 19.0 Å². The molecule has 0 atom stereocenters. The summed E-state index contributed by atoms with van der Waals surface area (Å²) in [4.78, 5) is 4.15. The lowest BCUT2D eigenvalue weighted by Gasteiger charge is -2.12. The topological polar surface area (TPSA) is 79.8 Å². The van der Waals surface area contributed by atoms with Crippen LogP contribution in [0.3, 0.4) is 0 Å². The fraction of sp³-hybridized carbons (Fsp3) is 0.938. The van der Waals surface area contributed by atoms with Crippen LogP contribution in [0, 0.1) is 5.92 Å². The molecule has 0 saturated heterocycles. The maximum absolute atomic E-state index is 10.9. The maximum Gasteiger partial charge on any atom is 0.191 e. The molecule has 23 heavy (non-hydrogen) atoms. The molecule has 0 rings (SSSR count). The average Bonchev–Trinajstić information content (AvgIpc) is 2.46. The molecule has 0 aromatic heterocycles. The van der Waals surface area contributed by atoms with Gasteiger partial charge in [-0.3, -0.25) is 4.99 Å². The van der Waals surface area contributed by atoms with E-state index < -0.39 is 9.84 Å². The minimum absolute atomic E-state index is 0.0663. The third kappa shape index (κ3) is 17.4. The number of hydrogen-bond acceptors (Lipinski definition) is 4. The number of nitrogens with one attached hydrogen (secondary N) is 2. The Labute approximate surface area is 142 Å². The van der Waals surface area contributed by atoms with Crippen LogP contribution in [-0.2, 0) is 14.6 Å². The highest BCUT2D eigenvalue weighted by Gasteiger charge is 2.01. The lowest BCUT2D eigenvalue weighted by molar-refractivity contribution is 0.154. The maximum atomic E-state index is 10.9. The monoisotopic (exact) mass is 349 g/mol. The Balaban J connectivity index is 3.50. The third-order valence-electron chi connectivity index (χ3n) is 3.36. The molecule has 0 unspecified atom stereocenters. The molecule has 0 amide bonds. The molecule has 0 aliphatic rings. The normalized spacial score (nSPS) is 12.7.